The maximum atomic E-state index is 13.3. The third-order valence-corrected chi connectivity index (χ3v) is 7.11. The predicted molar refractivity (Wildman–Crippen MR) is 133 cm³/mol. The molecule has 0 spiro atoms. The lowest BCUT2D eigenvalue weighted by Gasteiger charge is -2.29. The molecular formula is C27H26N2O4S. The topological polar surface area (TPSA) is 59.1 Å². The lowest BCUT2D eigenvalue weighted by Crippen LogP contribution is -2.41. The van der Waals surface area contributed by atoms with Crippen molar-refractivity contribution < 1.29 is 19.1 Å². The molecule has 5 rings (SSSR count). The van der Waals surface area contributed by atoms with E-state index in [1.54, 1.807) is 11.9 Å². The summed E-state index contributed by atoms with van der Waals surface area (Å²) in [6, 6.07) is 23.0. The number of carbonyl (C=O) groups is 2. The number of rotatable bonds is 6. The van der Waals surface area contributed by atoms with Crippen molar-refractivity contribution in [1.82, 2.24) is 4.90 Å². The predicted octanol–water partition coefficient (Wildman–Crippen LogP) is 4.28. The number of hydrogen-bond acceptors (Lipinski definition) is 5. The Kier molecular flexibility index (Phi) is 6.45. The minimum atomic E-state index is -0.250. The number of para-hydroxylation sites is 3. The summed E-state index contributed by atoms with van der Waals surface area (Å²) in [7, 11) is 1.76. The van der Waals surface area contributed by atoms with Crippen LogP contribution in [0.15, 0.2) is 77.7 Å². The Morgan fingerprint density at radius 2 is 1.74 bits per heavy atom. The number of thioether (sulfide) groups is 1. The van der Waals surface area contributed by atoms with E-state index in [0.29, 0.717) is 31.0 Å². The van der Waals surface area contributed by atoms with Crippen molar-refractivity contribution in [2.24, 2.45) is 0 Å². The first kappa shape index (κ1) is 22.3. The molecule has 0 saturated heterocycles. The molecule has 3 aromatic rings. The molecule has 7 heteroatoms. The average molecular weight is 475 g/mol. The Morgan fingerprint density at radius 3 is 2.62 bits per heavy atom. The second kappa shape index (κ2) is 9.81. The minimum absolute atomic E-state index is 0.0528. The van der Waals surface area contributed by atoms with Crippen molar-refractivity contribution in [1.29, 1.82) is 0 Å². The fraction of sp³-hybridized carbons (Fsp3) is 0.259. The molecule has 0 bridgehead atoms. The molecule has 2 heterocycles. The van der Waals surface area contributed by atoms with E-state index < -0.39 is 0 Å². The number of carbonyl (C=O) groups excluding carboxylic acids is 2. The summed E-state index contributed by atoms with van der Waals surface area (Å²) in [6.07, 6.45) is 0.629. The van der Waals surface area contributed by atoms with Gasteiger partial charge in [-0.2, -0.15) is 0 Å². The summed E-state index contributed by atoms with van der Waals surface area (Å²) in [5.41, 5.74) is 2.78. The fourth-order valence-corrected chi connectivity index (χ4v) is 5.25. The first-order valence-corrected chi connectivity index (χ1v) is 12.3. The molecule has 1 atom stereocenters. The van der Waals surface area contributed by atoms with Crippen molar-refractivity contribution in [3.05, 3.63) is 83.9 Å². The Hall–Kier alpha value is -3.45. The summed E-state index contributed by atoms with van der Waals surface area (Å²) in [6.45, 7) is 1.49. The third kappa shape index (κ3) is 4.61. The molecule has 34 heavy (non-hydrogen) atoms. The molecule has 0 saturated carbocycles. The van der Waals surface area contributed by atoms with Crippen molar-refractivity contribution in [2.45, 2.75) is 17.4 Å². The van der Waals surface area contributed by atoms with Gasteiger partial charge < -0.3 is 19.3 Å². The standard InChI is InChI=1S/C27H26N2O4S/c1-28(16-20-17-32-23-11-5-6-12-24(23)33-20)27(31)21-9-3-7-13-25(21)34-18-26(30)29-15-14-19-8-2-4-10-22(19)29/h2-13,20H,14-18H2,1H3. The quantitative estimate of drug-likeness (QED) is 0.499. The summed E-state index contributed by atoms with van der Waals surface area (Å²) in [4.78, 5) is 30.5. The number of fused-ring (bicyclic) bond motifs is 2. The van der Waals surface area contributed by atoms with Crippen LogP contribution in [0.25, 0.3) is 0 Å². The second-order valence-corrected chi connectivity index (χ2v) is 9.41. The van der Waals surface area contributed by atoms with Gasteiger partial charge in [0.25, 0.3) is 5.91 Å². The molecule has 2 aliphatic rings. The van der Waals surface area contributed by atoms with Gasteiger partial charge in [-0.25, -0.2) is 0 Å². The van der Waals surface area contributed by atoms with E-state index in [1.807, 2.05) is 71.6 Å². The Labute approximate surface area is 203 Å². The van der Waals surface area contributed by atoms with Crippen molar-refractivity contribution in [2.75, 3.05) is 37.4 Å². The molecule has 3 aromatic carbocycles. The lowest BCUT2D eigenvalue weighted by molar-refractivity contribution is -0.116. The summed E-state index contributed by atoms with van der Waals surface area (Å²) in [5.74, 6) is 1.64. The van der Waals surface area contributed by atoms with Gasteiger partial charge in [0.15, 0.2) is 17.6 Å². The largest absolute Gasteiger partial charge is 0.486 e. The van der Waals surface area contributed by atoms with Gasteiger partial charge in [0.05, 0.1) is 17.9 Å². The van der Waals surface area contributed by atoms with Gasteiger partial charge in [-0.1, -0.05) is 42.5 Å². The van der Waals surface area contributed by atoms with Crippen LogP contribution in [0.5, 0.6) is 11.5 Å². The molecule has 2 amide bonds. The monoisotopic (exact) mass is 474 g/mol. The van der Waals surface area contributed by atoms with Gasteiger partial charge >= 0.3 is 0 Å². The number of anilines is 1. The SMILES string of the molecule is CN(CC1COc2ccccc2O1)C(=O)c1ccccc1SCC(=O)N1CCc2ccccc21. The van der Waals surface area contributed by atoms with Gasteiger partial charge in [0.2, 0.25) is 5.91 Å². The first-order valence-electron chi connectivity index (χ1n) is 11.3. The van der Waals surface area contributed by atoms with Crippen molar-refractivity contribution >= 4 is 29.3 Å². The Balaban J connectivity index is 1.22. The molecule has 0 aromatic heterocycles. The van der Waals surface area contributed by atoms with Crippen LogP contribution in [-0.4, -0.2) is 55.3 Å². The van der Waals surface area contributed by atoms with Crippen LogP contribution in [0, 0.1) is 0 Å². The van der Waals surface area contributed by atoms with E-state index in [-0.39, 0.29) is 23.7 Å². The van der Waals surface area contributed by atoms with E-state index >= 15 is 0 Å². The molecule has 174 valence electrons. The highest BCUT2D eigenvalue weighted by atomic mass is 32.2. The van der Waals surface area contributed by atoms with Gasteiger partial charge in [-0.05, 0) is 42.3 Å². The summed E-state index contributed by atoms with van der Waals surface area (Å²) >= 11 is 1.40. The van der Waals surface area contributed by atoms with Gasteiger partial charge in [0, 0.05) is 24.2 Å². The maximum absolute atomic E-state index is 13.3. The van der Waals surface area contributed by atoms with E-state index in [0.717, 1.165) is 22.8 Å². The molecule has 0 N–H and O–H groups in total. The van der Waals surface area contributed by atoms with Gasteiger partial charge in [0.1, 0.15) is 6.61 Å². The van der Waals surface area contributed by atoms with Gasteiger partial charge in [-0.3, -0.25) is 9.59 Å². The van der Waals surface area contributed by atoms with Crippen LogP contribution < -0.4 is 14.4 Å². The van der Waals surface area contributed by atoms with Crippen LogP contribution in [-0.2, 0) is 11.2 Å². The number of amides is 2. The van der Waals surface area contributed by atoms with Crippen LogP contribution in [0.4, 0.5) is 5.69 Å². The first-order chi connectivity index (χ1) is 16.6. The third-order valence-electron chi connectivity index (χ3n) is 6.05. The van der Waals surface area contributed by atoms with Gasteiger partial charge in [-0.15, -0.1) is 11.8 Å². The fourth-order valence-electron chi connectivity index (χ4n) is 4.33. The number of ether oxygens (including phenoxy) is 2. The van der Waals surface area contributed by atoms with E-state index in [2.05, 4.69) is 6.07 Å². The number of benzene rings is 3. The summed E-state index contributed by atoms with van der Waals surface area (Å²) in [5, 5.41) is 0. The van der Waals surface area contributed by atoms with Crippen LogP contribution in [0.3, 0.4) is 0 Å². The Bertz CT molecular complexity index is 1210. The van der Waals surface area contributed by atoms with Crippen LogP contribution >= 0.6 is 11.8 Å². The van der Waals surface area contributed by atoms with E-state index in [1.165, 1.54) is 17.3 Å². The molecule has 0 fully saturated rings. The number of likely N-dealkylation sites (N-methyl/N-ethyl adjacent to an activating group) is 1. The minimum Gasteiger partial charge on any atom is -0.486 e. The van der Waals surface area contributed by atoms with E-state index in [9.17, 15) is 9.59 Å². The zero-order chi connectivity index (χ0) is 23.5. The molecule has 6 nitrogen and oxygen atoms in total. The highest BCUT2D eigenvalue weighted by Gasteiger charge is 2.27. The Morgan fingerprint density at radius 1 is 1.00 bits per heavy atom. The smallest absolute Gasteiger partial charge is 0.254 e. The molecule has 2 aliphatic heterocycles. The maximum Gasteiger partial charge on any atom is 0.254 e. The normalized spacial score (nSPS) is 16.1. The lowest BCUT2D eigenvalue weighted by atomic mass is 10.2. The molecule has 0 radical (unpaired) electrons. The summed E-state index contributed by atoms with van der Waals surface area (Å²) < 4.78 is 11.8. The molecular weight excluding hydrogens is 448 g/mol. The second-order valence-electron chi connectivity index (χ2n) is 8.39. The molecule has 1 unspecified atom stereocenters. The van der Waals surface area contributed by atoms with Crippen LogP contribution in [0.2, 0.25) is 0 Å². The molecule has 0 aliphatic carbocycles. The zero-order valence-corrected chi connectivity index (χ0v) is 19.8. The van der Waals surface area contributed by atoms with Crippen molar-refractivity contribution in [3.63, 3.8) is 0 Å². The average Bonchev–Trinajstić information content (AvgIpc) is 3.31. The number of nitrogens with zero attached hydrogens (tertiary/aromatic N) is 2. The van der Waals surface area contributed by atoms with Crippen LogP contribution in [0.1, 0.15) is 15.9 Å². The zero-order valence-electron chi connectivity index (χ0n) is 19.0. The van der Waals surface area contributed by atoms with Crippen molar-refractivity contribution in [3.8, 4) is 11.5 Å². The highest BCUT2D eigenvalue weighted by Crippen LogP contribution is 2.32. The van der Waals surface area contributed by atoms with E-state index in [4.69, 9.17) is 9.47 Å². The highest BCUT2D eigenvalue weighted by molar-refractivity contribution is 8.00. The number of hydrogen-bond donors (Lipinski definition) is 0.